The normalized spacial score (nSPS) is 22.9. The van der Waals surface area contributed by atoms with Crippen molar-refractivity contribution in [3.63, 3.8) is 0 Å². The molecular weight excluding hydrogens is 207 g/mol. The first-order chi connectivity index (χ1) is 7.66. The van der Waals surface area contributed by atoms with Gasteiger partial charge in [0.1, 0.15) is 17.7 Å². The van der Waals surface area contributed by atoms with Crippen LogP contribution >= 0.6 is 0 Å². The summed E-state index contributed by atoms with van der Waals surface area (Å²) in [7, 11) is 0. The van der Waals surface area contributed by atoms with Crippen LogP contribution in [-0.4, -0.2) is 11.9 Å². The van der Waals surface area contributed by atoms with Gasteiger partial charge >= 0.3 is 0 Å². The molecule has 82 valence electrons. The number of ether oxygens (including phenoxy) is 1. The first kappa shape index (κ1) is 9.58. The van der Waals surface area contributed by atoms with E-state index < -0.39 is 5.82 Å². The highest BCUT2D eigenvalue weighted by Gasteiger charge is 2.36. The molecule has 2 aliphatic rings. The summed E-state index contributed by atoms with van der Waals surface area (Å²) in [5, 5.41) is 0. The lowest BCUT2D eigenvalue weighted by atomic mass is 9.95. The van der Waals surface area contributed by atoms with Crippen molar-refractivity contribution in [3.8, 4) is 5.75 Å². The van der Waals surface area contributed by atoms with Crippen molar-refractivity contribution in [1.29, 1.82) is 0 Å². The van der Waals surface area contributed by atoms with E-state index in [2.05, 4.69) is 0 Å². The molecule has 1 aromatic carbocycles. The minimum Gasteiger partial charge on any atom is -0.485 e. The molecule has 1 unspecified atom stereocenters. The second-order valence-corrected chi connectivity index (χ2v) is 4.31. The standard InChI is InChI=1S/C13H11FO2/c1-7-2-4-11-12(7)13(15)9-6-8(14)3-5-10(9)16-11/h3,5-6,11H,2,4H2,1H3. The van der Waals surface area contributed by atoms with E-state index in [0.29, 0.717) is 11.3 Å². The Hall–Kier alpha value is -1.64. The molecule has 0 saturated heterocycles. The molecule has 1 aromatic rings. The number of Topliss-reactive ketones (excluding diaryl/α,β-unsaturated/α-hetero) is 1. The number of halogens is 1. The molecule has 0 amide bonds. The van der Waals surface area contributed by atoms with E-state index in [-0.39, 0.29) is 11.9 Å². The van der Waals surface area contributed by atoms with Gasteiger partial charge in [0.05, 0.1) is 5.56 Å². The fourth-order valence-corrected chi connectivity index (χ4v) is 2.44. The summed E-state index contributed by atoms with van der Waals surface area (Å²) >= 11 is 0. The van der Waals surface area contributed by atoms with E-state index >= 15 is 0 Å². The van der Waals surface area contributed by atoms with Gasteiger partial charge in [-0.2, -0.15) is 0 Å². The highest BCUT2D eigenvalue weighted by molar-refractivity contribution is 6.12. The van der Waals surface area contributed by atoms with Crippen LogP contribution in [0.2, 0.25) is 0 Å². The van der Waals surface area contributed by atoms with Crippen molar-refractivity contribution < 1.29 is 13.9 Å². The van der Waals surface area contributed by atoms with Crippen LogP contribution < -0.4 is 4.74 Å². The summed E-state index contributed by atoms with van der Waals surface area (Å²) in [4.78, 5) is 12.2. The SMILES string of the molecule is CC1=C2C(=O)c3cc(F)ccc3OC2CC1. The molecule has 0 N–H and O–H groups in total. The predicted molar refractivity (Wildman–Crippen MR) is 57.1 cm³/mol. The van der Waals surface area contributed by atoms with E-state index in [4.69, 9.17) is 4.74 Å². The number of carbonyl (C=O) groups is 1. The predicted octanol–water partition coefficient (Wildman–Crippen LogP) is 2.88. The first-order valence-corrected chi connectivity index (χ1v) is 5.37. The van der Waals surface area contributed by atoms with Crippen LogP contribution in [0.3, 0.4) is 0 Å². The van der Waals surface area contributed by atoms with E-state index in [0.717, 1.165) is 24.0 Å². The fourth-order valence-electron chi connectivity index (χ4n) is 2.44. The maximum absolute atomic E-state index is 13.1. The molecule has 3 rings (SSSR count). The second-order valence-electron chi connectivity index (χ2n) is 4.31. The zero-order valence-corrected chi connectivity index (χ0v) is 8.92. The zero-order chi connectivity index (χ0) is 11.3. The largest absolute Gasteiger partial charge is 0.485 e. The third-order valence-electron chi connectivity index (χ3n) is 3.26. The first-order valence-electron chi connectivity index (χ1n) is 5.37. The fraction of sp³-hybridized carbons (Fsp3) is 0.308. The van der Waals surface area contributed by atoms with Crippen LogP contribution in [0.1, 0.15) is 30.1 Å². The molecule has 3 heteroatoms. The Labute approximate surface area is 92.7 Å². The average Bonchev–Trinajstić information content (AvgIpc) is 2.62. The molecule has 1 aliphatic carbocycles. The summed E-state index contributed by atoms with van der Waals surface area (Å²) < 4.78 is 18.8. The van der Waals surface area contributed by atoms with E-state index in [9.17, 15) is 9.18 Å². The number of allylic oxidation sites excluding steroid dienone is 1. The third-order valence-corrected chi connectivity index (χ3v) is 3.26. The van der Waals surface area contributed by atoms with Crippen LogP contribution in [0.5, 0.6) is 5.75 Å². The monoisotopic (exact) mass is 218 g/mol. The van der Waals surface area contributed by atoms with E-state index in [1.807, 2.05) is 6.92 Å². The van der Waals surface area contributed by atoms with Crippen molar-refractivity contribution in [2.24, 2.45) is 0 Å². The highest BCUT2D eigenvalue weighted by atomic mass is 19.1. The molecule has 0 spiro atoms. The van der Waals surface area contributed by atoms with Crippen LogP contribution in [0, 0.1) is 5.82 Å². The molecule has 16 heavy (non-hydrogen) atoms. The number of ketones is 1. The summed E-state index contributed by atoms with van der Waals surface area (Å²) in [6, 6.07) is 4.11. The number of rotatable bonds is 0. The second kappa shape index (κ2) is 3.17. The van der Waals surface area contributed by atoms with Gasteiger partial charge in [-0.25, -0.2) is 4.39 Å². The molecule has 0 saturated carbocycles. The number of fused-ring (bicyclic) bond motifs is 2. The molecule has 1 atom stereocenters. The summed E-state index contributed by atoms with van der Waals surface area (Å²) in [6.07, 6.45) is 1.62. The Kier molecular flexibility index (Phi) is 1.90. The maximum Gasteiger partial charge on any atom is 0.196 e. The molecule has 1 heterocycles. The van der Waals surface area contributed by atoms with Crippen LogP contribution in [-0.2, 0) is 0 Å². The van der Waals surface area contributed by atoms with Gasteiger partial charge in [-0.1, -0.05) is 5.57 Å². The van der Waals surface area contributed by atoms with E-state index in [1.54, 1.807) is 0 Å². The Morgan fingerprint density at radius 1 is 1.44 bits per heavy atom. The molecule has 1 aliphatic heterocycles. The minimum atomic E-state index is -0.398. The Morgan fingerprint density at radius 3 is 3.06 bits per heavy atom. The van der Waals surface area contributed by atoms with Crippen LogP contribution in [0.15, 0.2) is 29.3 Å². The number of benzene rings is 1. The Bertz CT molecular complexity index is 517. The topological polar surface area (TPSA) is 26.3 Å². The minimum absolute atomic E-state index is 0.0687. The molecule has 0 bridgehead atoms. The van der Waals surface area contributed by atoms with Gasteiger partial charge in [-0.05, 0) is 38.0 Å². The lowest BCUT2D eigenvalue weighted by Crippen LogP contribution is -2.27. The van der Waals surface area contributed by atoms with Gasteiger partial charge < -0.3 is 4.74 Å². The van der Waals surface area contributed by atoms with Crippen LogP contribution in [0.25, 0.3) is 0 Å². The van der Waals surface area contributed by atoms with Gasteiger partial charge in [0.15, 0.2) is 5.78 Å². The lowest BCUT2D eigenvalue weighted by Gasteiger charge is -2.24. The summed E-state index contributed by atoms with van der Waals surface area (Å²) in [5.74, 6) is 0.0426. The number of carbonyl (C=O) groups excluding carboxylic acids is 1. The molecule has 2 nitrogen and oxygen atoms in total. The van der Waals surface area contributed by atoms with Gasteiger partial charge in [-0.3, -0.25) is 4.79 Å². The molecular formula is C13H11FO2. The van der Waals surface area contributed by atoms with Crippen molar-refractivity contribution in [1.82, 2.24) is 0 Å². The molecule has 0 fully saturated rings. The highest BCUT2D eigenvalue weighted by Crippen LogP contribution is 2.38. The smallest absolute Gasteiger partial charge is 0.196 e. The average molecular weight is 218 g/mol. The van der Waals surface area contributed by atoms with Gasteiger partial charge in [0.25, 0.3) is 0 Å². The van der Waals surface area contributed by atoms with Gasteiger partial charge in [-0.15, -0.1) is 0 Å². The van der Waals surface area contributed by atoms with Crippen molar-refractivity contribution in [3.05, 3.63) is 40.7 Å². The Balaban J connectivity index is 2.17. The number of hydrogen-bond acceptors (Lipinski definition) is 2. The Morgan fingerprint density at radius 2 is 2.25 bits per heavy atom. The molecule has 0 radical (unpaired) electrons. The van der Waals surface area contributed by atoms with Crippen molar-refractivity contribution in [2.45, 2.75) is 25.9 Å². The number of hydrogen-bond donors (Lipinski definition) is 0. The summed E-state index contributed by atoms with van der Waals surface area (Å²) in [5.41, 5.74) is 2.16. The molecule has 0 aromatic heterocycles. The quantitative estimate of drug-likeness (QED) is 0.669. The van der Waals surface area contributed by atoms with Crippen molar-refractivity contribution >= 4 is 5.78 Å². The van der Waals surface area contributed by atoms with Gasteiger partial charge in [0.2, 0.25) is 0 Å². The van der Waals surface area contributed by atoms with Gasteiger partial charge in [0, 0.05) is 5.57 Å². The van der Waals surface area contributed by atoms with Crippen molar-refractivity contribution in [2.75, 3.05) is 0 Å². The maximum atomic E-state index is 13.1. The van der Waals surface area contributed by atoms with Crippen LogP contribution in [0.4, 0.5) is 4.39 Å². The van der Waals surface area contributed by atoms with E-state index in [1.165, 1.54) is 18.2 Å². The zero-order valence-electron chi connectivity index (χ0n) is 8.92. The summed E-state index contributed by atoms with van der Waals surface area (Å²) in [6.45, 7) is 1.95. The third kappa shape index (κ3) is 1.21. The lowest BCUT2D eigenvalue weighted by molar-refractivity contribution is 0.0965.